The second-order valence-corrected chi connectivity index (χ2v) is 4.07. The number of methoxy groups -OCH3 is 1. The summed E-state index contributed by atoms with van der Waals surface area (Å²) in [5.41, 5.74) is 1.40. The molecule has 1 atom stereocenters. The van der Waals surface area contributed by atoms with Gasteiger partial charge in [0, 0.05) is 26.3 Å². The van der Waals surface area contributed by atoms with E-state index in [1.165, 1.54) is 0 Å². The first-order valence-electron chi connectivity index (χ1n) is 5.68. The number of carboxylic acid groups (broad SMARTS) is 1. The quantitative estimate of drug-likeness (QED) is 0.760. The van der Waals surface area contributed by atoms with E-state index in [0.717, 1.165) is 25.1 Å². The Balaban J connectivity index is 2.39. The average molecular weight is 237 g/mol. The van der Waals surface area contributed by atoms with Crippen LogP contribution in [0.3, 0.4) is 0 Å². The highest BCUT2D eigenvalue weighted by Gasteiger charge is 2.03. The third-order valence-electron chi connectivity index (χ3n) is 2.61. The summed E-state index contributed by atoms with van der Waals surface area (Å²) in [6.45, 7) is 3.58. The van der Waals surface area contributed by atoms with Gasteiger partial charge >= 0.3 is 5.97 Å². The highest BCUT2D eigenvalue weighted by Crippen LogP contribution is 2.05. The lowest BCUT2D eigenvalue weighted by atomic mass is 10.1. The molecule has 0 aliphatic rings. The van der Waals surface area contributed by atoms with Gasteiger partial charge in [0.15, 0.2) is 0 Å². The summed E-state index contributed by atoms with van der Waals surface area (Å²) < 4.78 is 5.00. The Bertz CT molecular complexity index is 348. The molecule has 1 rings (SSSR count). The molecule has 0 amide bonds. The van der Waals surface area contributed by atoms with Crippen molar-refractivity contribution in [3.05, 3.63) is 35.4 Å². The summed E-state index contributed by atoms with van der Waals surface area (Å²) in [6.07, 6.45) is 0.962. The Morgan fingerprint density at radius 2 is 2.06 bits per heavy atom. The third kappa shape index (κ3) is 4.97. The van der Waals surface area contributed by atoms with Crippen LogP contribution in [0.15, 0.2) is 24.3 Å². The molecule has 94 valence electrons. The zero-order chi connectivity index (χ0) is 12.7. The molecule has 17 heavy (non-hydrogen) atoms. The van der Waals surface area contributed by atoms with Crippen LogP contribution in [0.25, 0.3) is 0 Å². The minimum absolute atomic E-state index is 0.321. The molecular formula is C13H19NO3. The van der Waals surface area contributed by atoms with Gasteiger partial charge in [-0.15, -0.1) is 0 Å². The van der Waals surface area contributed by atoms with Gasteiger partial charge in [-0.2, -0.15) is 0 Å². The lowest BCUT2D eigenvalue weighted by Gasteiger charge is -2.13. The summed E-state index contributed by atoms with van der Waals surface area (Å²) in [6, 6.07) is 7.30. The van der Waals surface area contributed by atoms with E-state index in [1.807, 2.05) is 12.1 Å². The van der Waals surface area contributed by atoms with Gasteiger partial charge in [-0.3, -0.25) is 0 Å². The fraction of sp³-hybridized carbons (Fsp3) is 0.462. The van der Waals surface area contributed by atoms with Gasteiger partial charge in [0.2, 0.25) is 0 Å². The number of ether oxygens (including phenoxy) is 1. The number of carbonyl (C=O) groups is 1. The number of benzene rings is 1. The SMILES string of the molecule is COCCC(C)NCc1ccc(C(=O)O)cc1. The van der Waals surface area contributed by atoms with Gasteiger partial charge in [0.25, 0.3) is 0 Å². The van der Waals surface area contributed by atoms with Gasteiger partial charge in [0.1, 0.15) is 0 Å². The van der Waals surface area contributed by atoms with Crippen LogP contribution in [0.5, 0.6) is 0 Å². The van der Waals surface area contributed by atoms with Crippen LogP contribution in [-0.2, 0) is 11.3 Å². The molecule has 0 saturated carbocycles. The largest absolute Gasteiger partial charge is 0.478 e. The molecule has 1 aromatic rings. The number of rotatable bonds is 7. The number of hydrogen-bond donors (Lipinski definition) is 2. The van der Waals surface area contributed by atoms with Crippen LogP contribution >= 0.6 is 0 Å². The summed E-state index contributed by atoms with van der Waals surface area (Å²) in [5.74, 6) is -0.891. The zero-order valence-electron chi connectivity index (χ0n) is 10.3. The van der Waals surface area contributed by atoms with E-state index in [9.17, 15) is 4.79 Å². The Morgan fingerprint density at radius 1 is 1.41 bits per heavy atom. The van der Waals surface area contributed by atoms with Crippen molar-refractivity contribution in [3.8, 4) is 0 Å². The number of hydrogen-bond acceptors (Lipinski definition) is 3. The fourth-order valence-electron chi connectivity index (χ4n) is 1.45. The first-order chi connectivity index (χ1) is 8.13. The van der Waals surface area contributed by atoms with Crippen molar-refractivity contribution in [2.75, 3.05) is 13.7 Å². The number of aromatic carboxylic acids is 1. The Kier molecular flexibility index (Phi) is 5.66. The molecule has 1 aromatic carbocycles. The maximum Gasteiger partial charge on any atom is 0.335 e. The van der Waals surface area contributed by atoms with E-state index in [-0.39, 0.29) is 0 Å². The lowest BCUT2D eigenvalue weighted by Crippen LogP contribution is -2.26. The van der Waals surface area contributed by atoms with Gasteiger partial charge < -0.3 is 15.2 Å². The standard InChI is InChI=1S/C13H19NO3/c1-10(7-8-17-2)14-9-11-3-5-12(6-4-11)13(15)16/h3-6,10,14H,7-9H2,1-2H3,(H,15,16). The Hall–Kier alpha value is -1.39. The third-order valence-corrected chi connectivity index (χ3v) is 2.61. The summed E-state index contributed by atoms with van der Waals surface area (Å²) in [5, 5.41) is 12.1. The second-order valence-electron chi connectivity index (χ2n) is 4.07. The molecule has 4 nitrogen and oxygen atoms in total. The van der Waals surface area contributed by atoms with Crippen molar-refractivity contribution in [1.82, 2.24) is 5.32 Å². The minimum Gasteiger partial charge on any atom is -0.478 e. The fourth-order valence-corrected chi connectivity index (χ4v) is 1.45. The molecule has 1 unspecified atom stereocenters. The van der Waals surface area contributed by atoms with Gasteiger partial charge in [0.05, 0.1) is 5.56 Å². The van der Waals surface area contributed by atoms with E-state index in [4.69, 9.17) is 9.84 Å². The monoisotopic (exact) mass is 237 g/mol. The molecule has 2 N–H and O–H groups in total. The maximum atomic E-state index is 10.7. The van der Waals surface area contributed by atoms with Gasteiger partial charge in [-0.05, 0) is 31.0 Å². The number of nitrogens with one attached hydrogen (secondary N) is 1. The minimum atomic E-state index is -0.891. The topological polar surface area (TPSA) is 58.6 Å². The van der Waals surface area contributed by atoms with Gasteiger partial charge in [-0.1, -0.05) is 12.1 Å². The molecular weight excluding hydrogens is 218 g/mol. The normalized spacial score (nSPS) is 12.4. The maximum absolute atomic E-state index is 10.7. The lowest BCUT2D eigenvalue weighted by molar-refractivity contribution is 0.0697. The number of carboxylic acids is 1. The van der Waals surface area contributed by atoms with E-state index in [2.05, 4.69) is 12.2 Å². The summed E-state index contributed by atoms with van der Waals surface area (Å²) in [4.78, 5) is 10.7. The van der Waals surface area contributed by atoms with Crippen LogP contribution in [0.4, 0.5) is 0 Å². The van der Waals surface area contributed by atoms with Crippen LogP contribution in [0, 0.1) is 0 Å². The predicted molar refractivity (Wildman–Crippen MR) is 66.2 cm³/mol. The first kappa shape index (κ1) is 13.7. The molecule has 0 heterocycles. The van der Waals surface area contributed by atoms with Crippen molar-refractivity contribution in [2.45, 2.75) is 25.9 Å². The molecule has 0 aliphatic heterocycles. The Morgan fingerprint density at radius 3 is 2.59 bits per heavy atom. The van der Waals surface area contributed by atoms with Gasteiger partial charge in [-0.25, -0.2) is 4.79 Å². The summed E-state index contributed by atoms with van der Waals surface area (Å²) >= 11 is 0. The van der Waals surface area contributed by atoms with Crippen LogP contribution in [0.1, 0.15) is 29.3 Å². The molecule has 0 fully saturated rings. The molecule has 0 bridgehead atoms. The van der Waals surface area contributed by atoms with E-state index in [1.54, 1.807) is 19.2 Å². The van der Waals surface area contributed by atoms with Crippen molar-refractivity contribution >= 4 is 5.97 Å². The van der Waals surface area contributed by atoms with E-state index >= 15 is 0 Å². The van der Waals surface area contributed by atoms with Crippen molar-refractivity contribution in [3.63, 3.8) is 0 Å². The second kappa shape index (κ2) is 7.04. The Labute approximate surface area is 102 Å². The highest BCUT2D eigenvalue weighted by atomic mass is 16.5. The first-order valence-corrected chi connectivity index (χ1v) is 5.68. The molecule has 0 spiro atoms. The van der Waals surface area contributed by atoms with Crippen LogP contribution < -0.4 is 5.32 Å². The average Bonchev–Trinajstić information content (AvgIpc) is 2.34. The molecule has 0 aromatic heterocycles. The molecule has 0 saturated heterocycles. The zero-order valence-corrected chi connectivity index (χ0v) is 10.3. The van der Waals surface area contributed by atoms with Crippen LogP contribution in [0.2, 0.25) is 0 Å². The molecule has 0 radical (unpaired) electrons. The molecule has 4 heteroatoms. The highest BCUT2D eigenvalue weighted by molar-refractivity contribution is 5.87. The van der Waals surface area contributed by atoms with Crippen molar-refractivity contribution in [1.29, 1.82) is 0 Å². The molecule has 0 aliphatic carbocycles. The van der Waals surface area contributed by atoms with E-state index in [0.29, 0.717) is 11.6 Å². The van der Waals surface area contributed by atoms with Crippen molar-refractivity contribution in [2.24, 2.45) is 0 Å². The van der Waals surface area contributed by atoms with Crippen LogP contribution in [-0.4, -0.2) is 30.8 Å². The van der Waals surface area contributed by atoms with E-state index < -0.39 is 5.97 Å². The summed E-state index contributed by atoms with van der Waals surface area (Å²) in [7, 11) is 1.69. The van der Waals surface area contributed by atoms with Crippen molar-refractivity contribution < 1.29 is 14.6 Å². The smallest absolute Gasteiger partial charge is 0.335 e. The predicted octanol–water partition coefficient (Wildman–Crippen LogP) is 1.90.